The highest BCUT2D eigenvalue weighted by Crippen LogP contribution is 2.40. The van der Waals surface area contributed by atoms with Gasteiger partial charge < -0.3 is 14.9 Å². The Morgan fingerprint density at radius 2 is 1.14 bits per heavy atom. The predicted octanol–water partition coefficient (Wildman–Crippen LogP) is 5.22. The van der Waals surface area contributed by atoms with Gasteiger partial charge >= 0.3 is 0 Å². The second-order valence-electron chi connectivity index (χ2n) is 8.96. The monoisotopic (exact) mass is 500 g/mol. The Balaban J connectivity index is 1.54. The van der Waals surface area contributed by atoms with Crippen LogP contribution in [0.25, 0.3) is 0 Å². The maximum atomic E-state index is 12.7. The Hall–Kier alpha value is -3.09. The van der Waals surface area contributed by atoms with Crippen LogP contribution in [-0.4, -0.2) is 39.0 Å². The van der Waals surface area contributed by atoms with Crippen molar-refractivity contribution in [2.75, 3.05) is 12.4 Å². The highest BCUT2D eigenvalue weighted by molar-refractivity contribution is 7.85. The van der Waals surface area contributed by atoms with Crippen LogP contribution in [0.5, 0.6) is 0 Å². The summed E-state index contributed by atoms with van der Waals surface area (Å²) in [6.45, 7) is 1.96. The number of rotatable bonds is 11. The van der Waals surface area contributed by atoms with Crippen molar-refractivity contribution in [3.05, 3.63) is 138 Å². The summed E-state index contributed by atoms with van der Waals surface area (Å²) in [5.74, 6) is 0.0569. The molecule has 4 aromatic carbocycles. The van der Waals surface area contributed by atoms with Gasteiger partial charge in [0.1, 0.15) is 5.60 Å². The second-order valence-corrected chi connectivity index (χ2v) is 10.5. The SMILES string of the molecule is Cc1ccc([S@](=O)C[C@H](O)C[C@H](O)COC(c2ccccc2)(c2ccccc2)c2ccccc2)cc1. The van der Waals surface area contributed by atoms with E-state index >= 15 is 0 Å². The lowest BCUT2D eigenvalue weighted by atomic mass is 9.80. The minimum atomic E-state index is -1.35. The molecule has 0 aliphatic heterocycles. The number of ether oxygens (including phenoxy) is 1. The molecule has 3 atom stereocenters. The van der Waals surface area contributed by atoms with Gasteiger partial charge in [0.25, 0.3) is 0 Å². The summed E-state index contributed by atoms with van der Waals surface area (Å²) in [4.78, 5) is 0.668. The third kappa shape index (κ3) is 6.18. The molecule has 0 aliphatic rings. The fraction of sp³-hybridized carbons (Fsp3) is 0.226. The van der Waals surface area contributed by atoms with Crippen LogP contribution in [0.15, 0.2) is 120 Å². The van der Waals surface area contributed by atoms with E-state index in [1.165, 1.54) is 0 Å². The maximum Gasteiger partial charge on any atom is 0.143 e. The van der Waals surface area contributed by atoms with E-state index in [0.29, 0.717) is 4.90 Å². The van der Waals surface area contributed by atoms with Crippen molar-refractivity contribution in [2.45, 2.75) is 36.0 Å². The van der Waals surface area contributed by atoms with Crippen LogP contribution in [0.3, 0.4) is 0 Å². The summed E-state index contributed by atoms with van der Waals surface area (Å²) in [6, 6.07) is 37.3. The van der Waals surface area contributed by atoms with Crippen LogP contribution in [0.4, 0.5) is 0 Å². The van der Waals surface area contributed by atoms with Gasteiger partial charge in [-0.05, 0) is 35.7 Å². The molecular formula is C31H32O4S. The lowest BCUT2D eigenvalue weighted by molar-refractivity contribution is -0.0489. The molecule has 0 unspecified atom stereocenters. The third-order valence-electron chi connectivity index (χ3n) is 6.20. The maximum absolute atomic E-state index is 12.7. The number of hydrogen-bond acceptors (Lipinski definition) is 4. The number of aliphatic hydroxyl groups is 2. The summed E-state index contributed by atoms with van der Waals surface area (Å²) in [7, 11) is -1.35. The zero-order valence-electron chi connectivity index (χ0n) is 20.4. The molecule has 0 radical (unpaired) electrons. The van der Waals surface area contributed by atoms with Gasteiger partial charge in [0, 0.05) is 11.3 Å². The fourth-order valence-electron chi connectivity index (χ4n) is 4.40. The Morgan fingerprint density at radius 1 is 0.694 bits per heavy atom. The van der Waals surface area contributed by atoms with Gasteiger partial charge in [0.05, 0.1) is 35.4 Å². The first-order chi connectivity index (χ1) is 17.5. The fourth-order valence-corrected chi connectivity index (χ4v) is 5.52. The number of hydrogen-bond donors (Lipinski definition) is 2. The molecule has 0 heterocycles. The normalized spacial score (nSPS) is 14.2. The van der Waals surface area contributed by atoms with Gasteiger partial charge in [-0.2, -0.15) is 0 Å². The number of aliphatic hydroxyl groups excluding tert-OH is 2. The van der Waals surface area contributed by atoms with Gasteiger partial charge in [-0.1, -0.05) is 109 Å². The first kappa shape index (κ1) is 26.0. The van der Waals surface area contributed by atoms with Crippen molar-refractivity contribution in [3.8, 4) is 0 Å². The first-order valence-electron chi connectivity index (χ1n) is 12.1. The van der Waals surface area contributed by atoms with Gasteiger partial charge in [0.2, 0.25) is 0 Å². The smallest absolute Gasteiger partial charge is 0.143 e. The molecule has 0 aliphatic carbocycles. The molecule has 0 saturated heterocycles. The molecule has 4 aromatic rings. The van der Waals surface area contributed by atoms with Crippen LogP contribution in [0.2, 0.25) is 0 Å². The third-order valence-corrected chi connectivity index (χ3v) is 7.69. The van der Waals surface area contributed by atoms with E-state index in [0.717, 1.165) is 22.3 Å². The van der Waals surface area contributed by atoms with E-state index in [4.69, 9.17) is 4.74 Å². The summed E-state index contributed by atoms with van der Waals surface area (Å²) in [6.07, 6.45) is -1.80. The van der Waals surface area contributed by atoms with Crippen LogP contribution in [0.1, 0.15) is 28.7 Å². The van der Waals surface area contributed by atoms with E-state index in [2.05, 4.69) is 0 Å². The predicted molar refractivity (Wildman–Crippen MR) is 144 cm³/mol. The van der Waals surface area contributed by atoms with Crippen molar-refractivity contribution >= 4 is 10.8 Å². The minimum Gasteiger partial charge on any atom is -0.392 e. The number of aryl methyl sites for hydroxylation is 1. The van der Waals surface area contributed by atoms with Gasteiger partial charge in [0.15, 0.2) is 0 Å². The molecule has 0 fully saturated rings. The van der Waals surface area contributed by atoms with E-state index in [-0.39, 0.29) is 18.8 Å². The Labute approximate surface area is 215 Å². The molecular weight excluding hydrogens is 468 g/mol. The molecule has 4 rings (SSSR count). The van der Waals surface area contributed by atoms with E-state index in [9.17, 15) is 14.4 Å². The molecule has 0 amide bonds. The molecule has 5 heteroatoms. The second kappa shape index (κ2) is 12.2. The zero-order chi connectivity index (χ0) is 25.4. The van der Waals surface area contributed by atoms with Crippen LogP contribution in [-0.2, 0) is 21.1 Å². The van der Waals surface area contributed by atoms with Crippen LogP contribution in [0, 0.1) is 6.92 Å². The van der Waals surface area contributed by atoms with Crippen molar-refractivity contribution in [3.63, 3.8) is 0 Å². The van der Waals surface area contributed by atoms with Gasteiger partial charge in [-0.25, -0.2) is 0 Å². The molecule has 186 valence electrons. The standard InChI is InChI=1S/C31H32O4S/c1-24-17-19-30(20-18-24)36(34)23-29(33)21-28(32)22-35-31(25-11-5-2-6-12-25,26-13-7-3-8-14-26)27-15-9-4-10-16-27/h2-20,28-29,32-33H,21-23H2,1H3/t28-,29+,36+/m0/s1. The topological polar surface area (TPSA) is 66.8 Å². The van der Waals surface area contributed by atoms with Crippen molar-refractivity contribution < 1.29 is 19.2 Å². The summed E-state index contributed by atoms with van der Waals surface area (Å²) < 4.78 is 19.3. The summed E-state index contributed by atoms with van der Waals surface area (Å²) >= 11 is 0. The highest BCUT2D eigenvalue weighted by atomic mass is 32.2. The Bertz CT molecular complexity index is 1130. The Morgan fingerprint density at radius 3 is 1.58 bits per heavy atom. The van der Waals surface area contributed by atoms with E-state index < -0.39 is 28.6 Å². The molecule has 0 bridgehead atoms. The largest absolute Gasteiger partial charge is 0.392 e. The lowest BCUT2D eigenvalue weighted by Crippen LogP contribution is -2.36. The number of benzene rings is 4. The summed E-state index contributed by atoms with van der Waals surface area (Å²) in [5, 5.41) is 21.4. The van der Waals surface area contributed by atoms with Crippen molar-refractivity contribution in [1.82, 2.24) is 0 Å². The quantitative estimate of drug-likeness (QED) is 0.277. The lowest BCUT2D eigenvalue weighted by Gasteiger charge is -2.36. The van der Waals surface area contributed by atoms with E-state index in [1.807, 2.05) is 122 Å². The van der Waals surface area contributed by atoms with Crippen molar-refractivity contribution in [1.29, 1.82) is 0 Å². The molecule has 4 nitrogen and oxygen atoms in total. The van der Waals surface area contributed by atoms with E-state index in [1.54, 1.807) is 0 Å². The first-order valence-corrected chi connectivity index (χ1v) is 13.4. The van der Waals surface area contributed by atoms with Gasteiger partial charge in [-0.3, -0.25) is 4.21 Å². The van der Waals surface area contributed by atoms with Crippen LogP contribution >= 0.6 is 0 Å². The zero-order valence-corrected chi connectivity index (χ0v) is 21.2. The Kier molecular flexibility index (Phi) is 8.83. The minimum absolute atomic E-state index is 0.00703. The molecule has 36 heavy (non-hydrogen) atoms. The summed E-state index contributed by atoms with van der Waals surface area (Å²) in [5.41, 5.74) is 2.96. The van der Waals surface area contributed by atoms with Gasteiger partial charge in [-0.15, -0.1) is 0 Å². The highest BCUT2D eigenvalue weighted by Gasteiger charge is 2.38. The van der Waals surface area contributed by atoms with Crippen molar-refractivity contribution in [2.24, 2.45) is 0 Å². The molecule has 0 saturated carbocycles. The van der Waals surface area contributed by atoms with Crippen LogP contribution < -0.4 is 0 Å². The average Bonchev–Trinajstić information content (AvgIpc) is 2.91. The average molecular weight is 501 g/mol. The molecule has 2 N–H and O–H groups in total. The molecule has 0 spiro atoms. The molecule has 0 aromatic heterocycles.